The summed E-state index contributed by atoms with van der Waals surface area (Å²) < 4.78 is 28.2. The number of esters is 3. The van der Waals surface area contributed by atoms with Gasteiger partial charge in [0.1, 0.15) is 28.5 Å². The van der Waals surface area contributed by atoms with Gasteiger partial charge in [-0.15, -0.1) is 0 Å². The SMILES string of the molecule is COC(=O)[C@@H]1OC(=O)[C@@]2(C)[C@H]3O[C@]45CC(=O)O[C@@H](c6ccoc6)[C@]4(C)CC[C@]5(O)[C@H]3C(=O)C(C)(C)[C@H]12. The van der Waals surface area contributed by atoms with Crippen LogP contribution in [-0.2, 0) is 38.1 Å². The van der Waals surface area contributed by atoms with Gasteiger partial charge in [0.05, 0.1) is 38.1 Å². The van der Waals surface area contributed by atoms with Crippen LogP contribution in [0.3, 0.4) is 0 Å². The molecule has 194 valence electrons. The number of hydrogen-bond donors (Lipinski definition) is 1. The Labute approximate surface area is 207 Å². The number of methoxy groups -OCH3 is 1. The van der Waals surface area contributed by atoms with E-state index >= 15 is 0 Å². The number of furan rings is 1. The minimum Gasteiger partial charge on any atom is -0.472 e. The van der Waals surface area contributed by atoms with E-state index in [1.165, 1.54) is 19.6 Å². The molecule has 1 spiro atoms. The number of fused-ring (bicyclic) bond motifs is 4. The second kappa shape index (κ2) is 6.77. The molecule has 5 aliphatic rings. The van der Waals surface area contributed by atoms with Gasteiger partial charge in [0.15, 0.2) is 0 Å². The smallest absolute Gasteiger partial charge is 0.347 e. The first-order chi connectivity index (χ1) is 16.8. The van der Waals surface area contributed by atoms with Crippen molar-refractivity contribution in [1.29, 1.82) is 0 Å². The summed E-state index contributed by atoms with van der Waals surface area (Å²) in [5, 5.41) is 12.4. The summed E-state index contributed by atoms with van der Waals surface area (Å²) in [5.74, 6) is -4.33. The van der Waals surface area contributed by atoms with Gasteiger partial charge in [0.2, 0.25) is 6.10 Å². The summed E-state index contributed by atoms with van der Waals surface area (Å²) in [4.78, 5) is 53.3. The van der Waals surface area contributed by atoms with Gasteiger partial charge in [-0.3, -0.25) is 14.4 Å². The maximum atomic E-state index is 14.2. The maximum absolute atomic E-state index is 14.2. The van der Waals surface area contributed by atoms with E-state index in [2.05, 4.69) is 0 Å². The molecule has 10 nitrogen and oxygen atoms in total. The lowest BCUT2D eigenvalue weighted by Crippen LogP contribution is -2.66. The minimum atomic E-state index is -1.74. The van der Waals surface area contributed by atoms with Gasteiger partial charge >= 0.3 is 17.9 Å². The van der Waals surface area contributed by atoms with Crippen molar-refractivity contribution in [1.82, 2.24) is 0 Å². The molecule has 1 N–H and O–H groups in total. The Morgan fingerprint density at radius 1 is 1.11 bits per heavy atom. The van der Waals surface area contributed by atoms with Crippen LogP contribution in [0.4, 0.5) is 0 Å². The molecular weight excluding hydrogens is 472 g/mol. The Kier molecular flexibility index (Phi) is 4.45. The highest BCUT2D eigenvalue weighted by Crippen LogP contribution is 2.74. The standard InChI is InChI=1S/C26H30O10/c1-22(2)16-15(20(29)32-5)35-21(30)24(16,4)19-14(17(22)28)25(31)8-7-23(3)18(12-6-9-33-11-12)34-13(27)10-26(23,25)36-19/h6,9,11,14-16,18-19,31H,7-8,10H2,1-5H3/t14-,15+,16-,18-,19-,23-,24+,25-,26+/m0/s1. The quantitative estimate of drug-likeness (QED) is 0.471. The molecule has 2 saturated carbocycles. The van der Waals surface area contributed by atoms with Crippen LogP contribution in [0.15, 0.2) is 23.0 Å². The van der Waals surface area contributed by atoms with Crippen molar-refractivity contribution in [2.75, 3.05) is 7.11 Å². The number of carbonyl (C=O) groups is 4. The van der Waals surface area contributed by atoms with E-state index in [1.807, 2.05) is 6.92 Å². The van der Waals surface area contributed by atoms with Gasteiger partial charge in [-0.25, -0.2) is 4.79 Å². The number of cyclic esters (lactones) is 2. The summed E-state index contributed by atoms with van der Waals surface area (Å²) in [5.41, 5.74) is -6.21. The lowest BCUT2D eigenvalue weighted by atomic mass is 9.48. The molecule has 2 aliphatic carbocycles. The van der Waals surface area contributed by atoms with Gasteiger partial charge in [-0.05, 0) is 25.8 Å². The fourth-order valence-electron chi connectivity index (χ4n) is 8.48. The molecule has 0 radical (unpaired) electrons. The van der Waals surface area contributed by atoms with Crippen LogP contribution in [0.1, 0.15) is 58.6 Å². The third kappa shape index (κ3) is 2.32. The van der Waals surface area contributed by atoms with Crippen LogP contribution < -0.4 is 0 Å². The van der Waals surface area contributed by atoms with Gasteiger partial charge in [-0.2, -0.15) is 0 Å². The lowest BCUT2D eigenvalue weighted by molar-refractivity contribution is -0.246. The average Bonchev–Trinajstić information content (AvgIpc) is 3.54. The third-order valence-electron chi connectivity index (χ3n) is 10.2. The second-order valence-electron chi connectivity index (χ2n) is 12.0. The molecule has 0 unspecified atom stereocenters. The zero-order valence-electron chi connectivity index (χ0n) is 20.9. The second-order valence-corrected chi connectivity index (χ2v) is 12.0. The largest absolute Gasteiger partial charge is 0.472 e. The van der Waals surface area contributed by atoms with Crippen molar-refractivity contribution in [3.63, 3.8) is 0 Å². The first-order valence-corrected chi connectivity index (χ1v) is 12.2. The molecule has 3 aliphatic heterocycles. The number of rotatable bonds is 2. The van der Waals surface area contributed by atoms with Crippen molar-refractivity contribution >= 4 is 23.7 Å². The Morgan fingerprint density at radius 2 is 1.83 bits per heavy atom. The Hall–Kier alpha value is -2.72. The number of carbonyl (C=O) groups excluding carboxylic acids is 4. The number of aliphatic hydroxyl groups is 1. The van der Waals surface area contributed by atoms with Gasteiger partial charge < -0.3 is 28.5 Å². The number of Topliss-reactive ketones (excluding diaryl/α,β-unsaturated/α-hetero) is 1. The maximum Gasteiger partial charge on any atom is 0.347 e. The molecular formula is C26H30O10. The first kappa shape index (κ1) is 23.7. The van der Waals surface area contributed by atoms with E-state index in [-0.39, 0.29) is 18.6 Å². The molecule has 1 aromatic rings. The normalized spacial score (nSPS) is 48.4. The van der Waals surface area contributed by atoms with E-state index in [9.17, 15) is 24.3 Å². The molecule has 0 aromatic carbocycles. The van der Waals surface area contributed by atoms with Crippen molar-refractivity contribution in [2.24, 2.45) is 28.1 Å². The van der Waals surface area contributed by atoms with Crippen molar-refractivity contribution in [3.05, 3.63) is 24.2 Å². The predicted molar refractivity (Wildman–Crippen MR) is 118 cm³/mol. The van der Waals surface area contributed by atoms with E-state index in [1.54, 1.807) is 26.8 Å². The summed E-state index contributed by atoms with van der Waals surface area (Å²) in [6.07, 6.45) is 0.108. The molecule has 6 rings (SSSR count). The molecule has 9 atom stereocenters. The topological polar surface area (TPSA) is 139 Å². The van der Waals surface area contributed by atoms with Crippen LogP contribution in [0, 0.1) is 28.1 Å². The van der Waals surface area contributed by atoms with Gasteiger partial charge in [-0.1, -0.05) is 20.8 Å². The van der Waals surface area contributed by atoms with E-state index < -0.39 is 75.5 Å². The van der Waals surface area contributed by atoms with Gasteiger partial charge in [0.25, 0.3) is 0 Å². The molecule has 0 amide bonds. The predicted octanol–water partition coefficient (Wildman–Crippen LogP) is 1.88. The van der Waals surface area contributed by atoms with Crippen molar-refractivity contribution in [3.8, 4) is 0 Å². The molecule has 3 saturated heterocycles. The molecule has 36 heavy (non-hydrogen) atoms. The molecule has 4 heterocycles. The van der Waals surface area contributed by atoms with E-state index in [0.717, 1.165) is 0 Å². The lowest BCUT2D eigenvalue weighted by Gasteiger charge is -2.52. The van der Waals surface area contributed by atoms with Crippen LogP contribution in [0.25, 0.3) is 0 Å². The number of ketones is 1. The average molecular weight is 503 g/mol. The number of ether oxygens (including phenoxy) is 4. The van der Waals surface area contributed by atoms with Crippen molar-refractivity contribution in [2.45, 2.75) is 76.5 Å². The zero-order valence-corrected chi connectivity index (χ0v) is 20.9. The van der Waals surface area contributed by atoms with Crippen LogP contribution in [-0.4, -0.2) is 59.3 Å². The highest BCUT2D eigenvalue weighted by atomic mass is 16.6. The molecule has 0 bridgehead atoms. The summed E-state index contributed by atoms with van der Waals surface area (Å²) in [6, 6.07) is 1.70. The fraction of sp³-hybridized carbons (Fsp3) is 0.692. The van der Waals surface area contributed by atoms with E-state index in [4.69, 9.17) is 23.4 Å². The highest BCUT2D eigenvalue weighted by molar-refractivity contribution is 5.98. The summed E-state index contributed by atoms with van der Waals surface area (Å²) in [7, 11) is 1.19. The number of hydrogen-bond acceptors (Lipinski definition) is 10. The Bertz CT molecular complexity index is 1190. The molecule has 5 fully saturated rings. The molecule has 1 aromatic heterocycles. The van der Waals surface area contributed by atoms with Crippen LogP contribution >= 0.6 is 0 Å². The first-order valence-electron chi connectivity index (χ1n) is 12.2. The molecule has 10 heteroatoms. The monoisotopic (exact) mass is 502 g/mol. The third-order valence-corrected chi connectivity index (χ3v) is 10.2. The Balaban J connectivity index is 1.54. The zero-order chi connectivity index (χ0) is 26.1. The summed E-state index contributed by atoms with van der Waals surface area (Å²) >= 11 is 0. The van der Waals surface area contributed by atoms with E-state index in [0.29, 0.717) is 12.0 Å². The van der Waals surface area contributed by atoms with Crippen LogP contribution in [0.5, 0.6) is 0 Å². The highest BCUT2D eigenvalue weighted by Gasteiger charge is 2.86. The minimum absolute atomic E-state index is 0.174. The van der Waals surface area contributed by atoms with Gasteiger partial charge in [0, 0.05) is 22.3 Å². The fourth-order valence-corrected chi connectivity index (χ4v) is 8.48. The van der Waals surface area contributed by atoms with Crippen molar-refractivity contribution < 1.29 is 47.6 Å². The summed E-state index contributed by atoms with van der Waals surface area (Å²) in [6.45, 7) is 6.84. The Morgan fingerprint density at radius 3 is 2.47 bits per heavy atom. The van der Waals surface area contributed by atoms with Crippen LogP contribution in [0.2, 0.25) is 0 Å².